The van der Waals surface area contributed by atoms with E-state index in [-0.39, 0.29) is 5.95 Å². The highest BCUT2D eigenvalue weighted by Crippen LogP contribution is 1.95. The van der Waals surface area contributed by atoms with E-state index < -0.39 is 6.09 Å². The average Bonchev–Trinajstić information content (AvgIpc) is 2.40. The van der Waals surface area contributed by atoms with Gasteiger partial charge in [0.1, 0.15) is 0 Å². The van der Waals surface area contributed by atoms with Crippen LogP contribution >= 0.6 is 0 Å². The molecule has 0 bridgehead atoms. The molecule has 1 aromatic heterocycles. The summed E-state index contributed by atoms with van der Waals surface area (Å²) in [4.78, 5) is 14.2. The number of nitrogens with zero attached hydrogens (tertiary/aromatic N) is 2. The number of amides is 1. The third-order valence-electron chi connectivity index (χ3n) is 0.851. The van der Waals surface area contributed by atoms with Gasteiger partial charge in [-0.25, -0.2) is 4.79 Å². The van der Waals surface area contributed by atoms with E-state index in [0.717, 1.165) is 6.39 Å². The Kier molecular flexibility index (Phi) is 2.42. The summed E-state index contributed by atoms with van der Waals surface area (Å²) in [7, 11) is 0. The molecule has 1 aromatic rings. The lowest BCUT2D eigenvalue weighted by Gasteiger charge is -1.98. The number of carbonyl (C=O) groups excluding carboxylic acids is 1. The second-order valence-electron chi connectivity index (χ2n) is 1.60. The van der Waals surface area contributed by atoms with Crippen molar-refractivity contribution in [2.75, 3.05) is 11.9 Å². The Morgan fingerprint density at radius 2 is 2.73 bits per heavy atom. The lowest BCUT2D eigenvalue weighted by molar-refractivity contribution is 0.167. The molecule has 0 aliphatic carbocycles. The van der Waals surface area contributed by atoms with E-state index in [0.29, 0.717) is 6.61 Å². The molecule has 1 heterocycles. The Bertz CT molecular complexity index is 221. The van der Waals surface area contributed by atoms with Crippen molar-refractivity contribution in [3.05, 3.63) is 6.39 Å². The Morgan fingerprint density at radius 1 is 1.91 bits per heavy atom. The van der Waals surface area contributed by atoms with Gasteiger partial charge in [0.15, 0.2) is 0 Å². The minimum absolute atomic E-state index is 0.100. The van der Waals surface area contributed by atoms with Gasteiger partial charge in [0, 0.05) is 0 Å². The van der Waals surface area contributed by atoms with E-state index in [4.69, 9.17) is 0 Å². The molecule has 0 atom stereocenters. The number of ether oxygens (including phenoxy) is 1. The molecular weight excluding hydrogens is 150 g/mol. The number of rotatable bonds is 2. The molecule has 0 aliphatic heterocycles. The summed E-state index contributed by atoms with van der Waals surface area (Å²) in [5, 5.41) is 5.59. The minimum atomic E-state index is -0.589. The Balaban J connectivity index is 2.37. The second kappa shape index (κ2) is 3.55. The minimum Gasteiger partial charge on any atom is -0.450 e. The van der Waals surface area contributed by atoms with Gasteiger partial charge >= 0.3 is 6.09 Å². The first kappa shape index (κ1) is 7.52. The first-order valence-electron chi connectivity index (χ1n) is 3.03. The molecule has 1 amide bonds. The SMILES string of the molecule is CCOC(=O)Nc1ncon1. The molecule has 0 saturated heterocycles. The highest BCUT2D eigenvalue weighted by molar-refractivity contribution is 5.81. The molecular formula is C5H7N3O3. The van der Waals surface area contributed by atoms with Gasteiger partial charge in [-0.2, -0.15) is 4.98 Å². The van der Waals surface area contributed by atoms with Crippen molar-refractivity contribution in [1.29, 1.82) is 0 Å². The summed E-state index contributed by atoms with van der Waals surface area (Å²) < 4.78 is 8.91. The highest BCUT2D eigenvalue weighted by Gasteiger charge is 2.03. The van der Waals surface area contributed by atoms with Gasteiger partial charge in [0.25, 0.3) is 5.95 Å². The summed E-state index contributed by atoms with van der Waals surface area (Å²) in [5.74, 6) is 0.100. The van der Waals surface area contributed by atoms with E-state index in [1.54, 1.807) is 6.92 Å². The summed E-state index contributed by atoms with van der Waals surface area (Å²) in [6.45, 7) is 2.01. The lowest BCUT2D eigenvalue weighted by atomic mass is 10.8. The van der Waals surface area contributed by atoms with Crippen LogP contribution in [0.25, 0.3) is 0 Å². The van der Waals surface area contributed by atoms with Crippen molar-refractivity contribution in [2.45, 2.75) is 6.92 Å². The second-order valence-corrected chi connectivity index (χ2v) is 1.60. The van der Waals surface area contributed by atoms with Crippen molar-refractivity contribution in [1.82, 2.24) is 10.1 Å². The zero-order chi connectivity index (χ0) is 8.10. The Morgan fingerprint density at radius 3 is 3.27 bits per heavy atom. The predicted octanol–water partition coefficient (Wildman–Crippen LogP) is 0.638. The fraction of sp³-hybridized carbons (Fsp3) is 0.400. The normalized spacial score (nSPS) is 9.18. The highest BCUT2D eigenvalue weighted by atomic mass is 16.5. The fourth-order valence-electron chi connectivity index (χ4n) is 0.484. The maximum absolute atomic E-state index is 10.7. The smallest absolute Gasteiger partial charge is 0.414 e. The van der Waals surface area contributed by atoms with Crippen LogP contribution in [0.4, 0.5) is 10.7 Å². The molecule has 0 aromatic carbocycles. The monoisotopic (exact) mass is 157 g/mol. The van der Waals surface area contributed by atoms with Gasteiger partial charge in [0.2, 0.25) is 6.39 Å². The van der Waals surface area contributed by atoms with E-state index in [2.05, 4.69) is 24.7 Å². The van der Waals surface area contributed by atoms with Crippen molar-refractivity contribution in [3.8, 4) is 0 Å². The van der Waals surface area contributed by atoms with Crippen molar-refractivity contribution in [2.24, 2.45) is 0 Å². The number of hydrogen-bond acceptors (Lipinski definition) is 5. The molecule has 0 aliphatic rings. The van der Waals surface area contributed by atoms with E-state index in [1.165, 1.54) is 0 Å². The molecule has 0 radical (unpaired) electrons. The topological polar surface area (TPSA) is 77.2 Å². The molecule has 6 heteroatoms. The van der Waals surface area contributed by atoms with Crippen LogP contribution in [0, 0.1) is 0 Å². The maximum atomic E-state index is 10.7. The van der Waals surface area contributed by atoms with Gasteiger partial charge in [-0.15, -0.1) is 0 Å². The molecule has 60 valence electrons. The predicted molar refractivity (Wildman–Crippen MR) is 34.9 cm³/mol. The molecule has 6 nitrogen and oxygen atoms in total. The molecule has 1 rings (SSSR count). The number of nitrogens with one attached hydrogen (secondary N) is 1. The molecule has 0 spiro atoms. The van der Waals surface area contributed by atoms with Crippen LogP contribution in [-0.4, -0.2) is 22.8 Å². The van der Waals surface area contributed by atoms with Gasteiger partial charge < -0.3 is 9.26 Å². The Hall–Kier alpha value is -1.59. The quantitative estimate of drug-likeness (QED) is 0.681. The lowest BCUT2D eigenvalue weighted by Crippen LogP contribution is -2.14. The summed E-state index contributed by atoms with van der Waals surface area (Å²) in [5.41, 5.74) is 0. The summed E-state index contributed by atoms with van der Waals surface area (Å²) >= 11 is 0. The fourth-order valence-corrected chi connectivity index (χ4v) is 0.484. The standard InChI is InChI=1S/C5H7N3O3/c1-2-10-5(9)7-4-6-3-11-8-4/h3H,2H2,1H3,(H,7,8,9). The van der Waals surface area contributed by atoms with Gasteiger partial charge in [-0.05, 0) is 12.1 Å². The zero-order valence-electron chi connectivity index (χ0n) is 5.90. The number of anilines is 1. The summed E-state index contributed by atoms with van der Waals surface area (Å²) in [6, 6.07) is 0. The summed E-state index contributed by atoms with van der Waals surface area (Å²) in [6.07, 6.45) is 0.524. The largest absolute Gasteiger partial charge is 0.450 e. The van der Waals surface area contributed by atoms with Crippen molar-refractivity contribution in [3.63, 3.8) is 0 Å². The number of hydrogen-bond donors (Lipinski definition) is 1. The molecule has 0 saturated carbocycles. The van der Waals surface area contributed by atoms with Crippen LogP contribution < -0.4 is 5.32 Å². The van der Waals surface area contributed by atoms with Gasteiger partial charge in [0.05, 0.1) is 6.61 Å². The van der Waals surface area contributed by atoms with Crippen LogP contribution in [0.1, 0.15) is 6.92 Å². The van der Waals surface area contributed by atoms with Crippen LogP contribution in [0.3, 0.4) is 0 Å². The van der Waals surface area contributed by atoms with E-state index in [1.807, 2.05) is 0 Å². The third kappa shape index (κ3) is 2.24. The van der Waals surface area contributed by atoms with Gasteiger partial charge in [-0.1, -0.05) is 0 Å². The van der Waals surface area contributed by atoms with Crippen LogP contribution in [0.2, 0.25) is 0 Å². The molecule has 1 N–H and O–H groups in total. The van der Waals surface area contributed by atoms with E-state index >= 15 is 0 Å². The first-order valence-corrected chi connectivity index (χ1v) is 3.03. The third-order valence-corrected chi connectivity index (χ3v) is 0.851. The van der Waals surface area contributed by atoms with Crippen molar-refractivity contribution < 1.29 is 14.1 Å². The van der Waals surface area contributed by atoms with Crippen LogP contribution in [0.15, 0.2) is 10.9 Å². The van der Waals surface area contributed by atoms with E-state index in [9.17, 15) is 4.79 Å². The molecule has 11 heavy (non-hydrogen) atoms. The van der Waals surface area contributed by atoms with Gasteiger partial charge in [-0.3, -0.25) is 5.32 Å². The Labute approximate surface area is 62.5 Å². The number of carbonyl (C=O) groups is 1. The molecule has 0 fully saturated rings. The zero-order valence-corrected chi connectivity index (χ0v) is 5.90. The number of aromatic nitrogens is 2. The van der Waals surface area contributed by atoms with Crippen LogP contribution in [-0.2, 0) is 4.74 Å². The maximum Gasteiger partial charge on any atom is 0.414 e. The van der Waals surface area contributed by atoms with Crippen molar-refractivity contribution >= 4 is 12.0 Å². The molecule has 0 unspecified atom stereocenters. The average molecular weight is 157 g/mol. The first-order chi connectivity index (χ1) is 5.33. The van der Waals surface area contributed by atoms with Crippen LogP contribution in [0.5, 0.6) is 0 Å².